The van der Waals surface area contributed by atoms with Gasteiger partial charge >= 0.3 is 11.9 Å². The fourth-order valence-corrected chi connectivity index (χ4v) is 1.23. The zero-order valence-electron chi connectivity index (χ0n) is 8.06. The lowest BCUT2D eigenvalue weighted by atomic mass is 10.3. The van der Waals surface area contributed by atoms with Crippen LogP contribution < -0.4 is 0 Å². The number of hydrogen-bond donors (Lipinski definition) is 3. The highest BCUT2D eigenvalue weighted by Crippen LogP contribution is 2.06. The third-order valence-electron chi connectivity index (χ3n) is 1.27. The molecule has 0 saturated carbocycles. The van der Waals surface area contributed by atoms with Crippen molar-refractivity contribution in [2.45, 2.75) is 24.9 Å². The smallest absolute Gasteiger partial charge is 0.344 e. The van der Waals surface area contributed by atoms with Crippen molar-refractivity contribution in [2.75, 3.05) is 0 Å². The van der Waals surface area contributed by atoms with Crippen LogP contribution >= 0.6 is 0 Å². The van der Waals surface area contributed by atoms with Gasteiger partial charge in [-0.1, -0.05) is 0 Å². The van der Waals surface area contributed by atoms with Crippen LogP contribution in [-0.2, 0) is 29.5 Å². The second-order valence-corrected chi connectivity index (χ2v) is 4.30. The Morgan fingerprint density at radius 2 is 1.88 bits per heavy atom. The number of carbonyl (C=O) groups excluding carboxylic acids is 1. The van der Waals surface area contributed by atoms with Gasteiger partial charge in [-0.05, 0) is 6.92 Å². The first kappa shape index (κ1) is 14.8. The molecule has 9 nitrogen and oxygen atoms in total. The van der Waals surface area contributed by atoms with Gasteiger partial charge in [0, 0.05) is 0 Å². The standard InChI is InChI=1S/C6H10O9S/c1-3(7)14-15-5(8)2-4(6(9)10)16(11,12)13/h3-4,7H,2H2,1H3,(H,9,10)(H,11,12,13). The Labute approximate surface area is 90.3 Å². The van der Waals surface area contributed by atoms with Gasteiger partial charge in [0.25, 0.3) is 10.1 Å². The zero-order chi connectivity index (χ0) is 12.9. The van der Waals surface area contributed by atoms with E-state index in [2.05, 4.69) is 9.78 Å². The summed E-state index contributed by atoms with van der Waals surface area (Å²) in [6, 6.07) is 0. The molecular weight excluding hydrogens is 248 g/mol. The Kier molecular flexibility index (Phi) is 5.30. The summed E-state index contributed by atoms with van der Waals surface area (Å²) in [5.41, 5.74) is 0. The van der Waals surface area contributed by atoms with Gasteiger partial charge in [-0.3, -0.25) is 14.2 Å². The fraction of sp³-hybridized carbons (Fsp3) is 0.667. The molecule has 0 spiro atoms. The van der Waals surface area contributed by atoms with Crippen LogP contribution in [0, 0.1) is 0 Å². The third kappa shape index (κ3) is 5.60. The Hall–Kier alpha value is -1.23. The molecule has 94 valence electrons. The normalized spacial score (nSPS) is 15.2. The quantitative estimate of drug-likeness (QED) is 0.225. The van der Waals surface area contributed by atoms with Crippen LogP contribution in [0.3, 0.4) is 0 Å². The van der Waals surface area contributed by atoms with E-state index in [4.69, 9.17) is 14.8 Å². The molecule has 0 heterocycles. The predicted octanol–water partition coefficient (Wildman–Crippen LogP) is -1.47. The summed E-state index contributed by atoms with van der Waals surface area (Å²) in [6.07, 6.45) is -2.58. The maximum absolute atomic E-state index is 10.8. The summed E-state index contributed by atoms with van der Waals surface area (Å²) < 4.78 is 29.5. The lowest BCUT2D eigenvalue weighted by Crippen LogP contribution is -2.32. The molecule has 0 bridgehead atoms. The Bertz CT molecular complexity index is 356. The van der Waals surface area contributed by atoms with Gasteiger partial charge in [0.05, 0.1) is 6.42 Å². The predicted molar refractivity (Wildman–Crippen MR) is 46.4 cm³/mol. The summed E-state index contributed by atoms with van der Waals surface area (Å²) in [6.45, 7) is 1.10. The number of hydrogen-bond acceptors (Lipinski definition) is 7. The van der Waals surface area contributed by atoms with Crippen LogP contribution in [0.2, 0.25) is 0 Å². The third-order valence-corrected chi connectivity index (χ3v) is 2.35. The van der Waals surface area contributed by atoms with Crippen LogP contribution in [0.25, 0.3) is 0 Å². The molecule has 16 heavy (non-hydrogen) atoms. The lowest BCUT2D eigenvalue weighted by Gasteiger charge is -2.08. The highest BCUT2D eigenvalue weighted by Gasteiger charge is 2.34. The van der Waals surface area contributed by atoms with Crippen molar-refractivity contribution in [3.8, 4) is 0 Å². The molecule has 0 saturated heterocycles. The molecular formula is C6H10O9S. The summed E-state index contributed by atoms with van der Waals surface area (Å²) in [7, 11) is -4.92. The molecule has 0 rings (SSSR count). The largest absolute Gasteiger partial charge is 0.480 e. The molecule has 0 aliphatic heterocycles. The van der Waals surface area contributed by atoms with Gasteiger partial charge in [-0.2, -0.15) is 13.3 Å². The van der Waals surface area contributed by atoms with Crippen molar-refractivity contribution in [3.05, 3.63) is 0 Å². The number of carbonyl (C=O) groups is 2. The number of carboxylic acids is 1. The van der Waals surface area contributed by atoms with Crippen molar-refractivity contribution in [1.29, 1.82) is 0 Å². The second-order valence-electron chi connectivity index (χ2n) is 2.70. The van der Waals surface area contributed by atoms with E-state index in [0.717, 1.165) is 6.92 Å². The molecule has 0 aromatic rings. The van der Waals surface area contributed by atoms with E-state index in [1.807, 2.05) is 0 Å². The van der Waals surface area contributed by atoms with E-state index in [-0.39, 0.29) is 0 Å². The number of rotatable bonds is 6. The van der Waals surface area contributed by atoms with E-state index >= 15 is 0 Å². The van der Waals surface area contributed by atoms with Crippen LogP contribution in [0.15, 0.2) is 0 Å². The van der Waals surface area contributed by atoms with Gasteiger partial charge in [0.2, 0.25) is 0 Å². The minimum absolute atomic E-state index is 1.10. The Balaban J connectivity index is 4.44. The minimum atomic E-state index is -4.92. The maximum atomic E-state index is 10.8. The van der Waals surface area contributed by atoms with E-state index in [0.29, 0.717) is 0 Å². The molecule has 2 unspecified atom stereocenters. The second kappa shape index (κ2) is 5.75. The molecule has 0 amide bonds. The first-order valence-electron chi connectivity index (χ1n) is 3.88. The van der Waals surface area contributed by atoms with Gasteiger partial charge in [-0.15, -0.1) is 0 Å². The van der Waals surface area contributed by atoms with Crippen molar-refractivity contribution < 1.29 is 42.5 Å². The van der Waals surface area contributed by atoms with Crippen LogP contribution in [-0.4, -0.2) is 46.7 Å². The lowest BCUT2D eigenvalue weighted by molar-refractivity contribution is -0.337. The maximum Gasteiger partial charge on any atom is 0.344 e. The highest BCUT2D eigenvalue weighted by molar-refractivity contribution is 7.87. The van der Waals surface area contributed by atoms with Gasteiger partial charge in [0.15, 0.2) is 11.5 Å². The van der Waals surface area contributed by atoms with Gasteiger partial charge < -0.3 is 10.2 Å². The van der Waals surface area contributed by atoms with Crippen molar-refractivity contribution in [3.63, 3.8) is 0 Å². The van der Waals surface area contributed by atoms with Crippen molar-refractivity contribution >= 4 is 22.1 Å². The summed E-state index contributed by atoms with van der Waals surface area (Å²) >= 11 is 0. The molecule has 0 aliphatic rings. The Morgan fingerprint density at radius 3 is 2.19 bits per heavy atom. The van der Waals surface area contributed by atoms with Crippen molar-refractivity contribution in [2.24, 2.45) is 0 Å². The molecule has 2 atom stereocenters. The minimum Gasteiger partial charge on any atom is -0.480 e. The molecule has 10 heteroatoms. The topological polar surface area (TPSA) is 147 Å². The van der Waals surface area contributed by atoms with E-state index < -0.39 is 40.0 Å². The van der Waals surface area contributed by atoms with Crippen LogP contribution in [0.4, 0.5) is 0 Å². The number of aliphatic carboxylic acids is 1. The SMILES string of the molecule is CC(O)OOC(=O)CC(C(=O)O)S(=O)(=O)O. The summed E-state index contributed by atoms with van der Waals surface area (Å²) in [5, 5.41) is 14.6. The van der Waals surface area contributed by atoms with Crippen LogP contribution in [0.1, 0.15) is 13.3 Å². The number of aliphatic hydroxyl groups is 1. The summed E-state index contributed by atoms with van der Waals surface area (Å²) in [4.78, 5) is 29.0. The first-order valence-corrected chi connectivity index (χ1v) is 5.38. The molecule has 3 N–H and O–H groups in total. The summed E-state index contributed by atoms with van der Waals surface area (Å²) in [5.74, 6) is -3.26. The molecule has 0 aromatic heterocycles. The Morgan fingerprint density at radius 1 is 1.38 bits per heavy atom. The molecule has 0 aromatic carbocycles. The highest BCUT2D eigenvalue weighted by atomic mass is 32.2. The molecule has 0 fully saturated rings. The van der Waals surface area contributed by atoms with E-state index in [9.17, 15) is 18.0 Å². The average Bonchev–Trinajstić information content (AvgIpc) is 2.08. The van der Waals surface area contributed by atoms with E-state index in [1.54, 1.807) is 0 Å². The average molecular weight is 258 g/mol. The number of carboxylic acid groups (broad SMARTS) is 1. The molecule has 0 aliphatic carbocycles. The van der Waals surface area contributed by atoms with Gasteiger partial charge in [-0.25, -0.2) is 4.79 Å². The fourth-order valence-electron chi connectivity index (χ4n) is 0.629. The monoisotopic (exact) mass is 258 g/mol. The van der Waals surface area contributed by atoms with Crippen molar-refractivity contribution in [1.82, 2.24) is 0 Å². The van der Waals surface area contributed by atoms with Crippen LogP contribution in [0.5, 0.6) is 0 Å². The molecule has 0 radical (unpaired) electrons. The zero-order valence-corrected chi connectivity index (χ0v) is 8.88. The number of aliphatic hydroxyl groups excluding tert-OH is 1. The first-order chi connectivity index (χ1) is 7.14. The van der Waals surface area contributed by atoms with Gasteiger partial charge in [0.1, 0.15) is 0 Å². The van der Waals surface area contributed by atoms with E-state index in [1.165, 1.54) is 0 Å².